The zero-order chi connectivity index (χ0) is 14.8. The van der Waals surface area contributed by atoms with Crippen LogP contribution in [-0.2, 0) is 6.18 Å². The monoisotopic (exact) mass is 285 g/mol. The fourth-order valence-corrected chi connectivity index (χ4v) is 1.64. The molecule has 2 rings (SSSR count). The SMILES string of the molecule is CCNc1cc(-c2cccc(F)c2)nc(C(F)(F)F)n1. The third kappa shape index (κ3) is 3.23. The Morgan fingerprint density at radius 2 is 1.90 bits per heavy atom. The zero-order valence-electron chi connectivity index (χ0n) is 10.5. The number of nitrogens with zero attached hydrogens (tertiary/aromatic N) is 2. The zero-order valence-corrected chi connectivity index (χ0v) is 10.5. The van der Waals surface area contributed by atoms with Crippen LogP contribution in [0.5, 0.6) is 0 Å². The van der Waals surface area contributed by atoms with Crippen molar-refractivity contribution in [2.45, 2.75) is 13.1 Å². The van der Waals surface area contributed by atoms with Crippen LogP contribution in [0.4, 0.5) is 23.4 Å². The number of nitrogens with one attached hydrogen (secondary N) is 1. The van der Waals surface area contributed by atoms with Gasteiger partial charge in [-0.15, -0.1) is 0 Å². The number of aromatic nitrogens is 2. The molecule has 7 heteroatoms. The van der Waals surface area contributed by atoms with Crippen molar-refractivity contribution < 1.29 is 17.6 Å². The molecule has 1 aromatic heterocycles. The average molecular weight is 285 g/mol. The molecule has 0 fully saturated rings. The summed E-state index contributed by atoms with van der Waals surface area (Å²) in [5.41, 5.74) is 0.278. The quantitative estimate of drug-likeness (QED) is 0.873. The molecule has 20 heavy (non-hydrogen) atoms. The highest BCUT2D eigenvalue weighted by Crippen LogP contribution is 2.30. The van der Waals surface area contributed by atoms with Crippen molar-refractivity contribution in [3.05, 3.63) is 42.0 Å². The summed E-state index contributed by atoms with van der Waals surface area (Å²) in [7, 11) is 0. The first kappa shape index (κ1) is 14.2. The number of rotatable bonds is 3. The summed E-state index contributed by atoms with van der Waals surface area (Å²) >= 11 is 0. The average Bonchev–Trinajstić information content (AvgIpc) is 2.38. The topological polar surface area (TPSA) is 37.8 Å². The molecular formula is C13H11F4N3. The first-order chi connectivity index (χ1) is 9.40. The number of benzene rings is 1. The Labute approximate surface area is 112 Å². The van der Waals surface area contributed by atoms with Gasteiger partial charge in [0.2, 0.25) is 5.82 Å². The van der Waals surface area contributed by atoms with Gasteiger partial charge in [-0.25, -0.2) is 14.4 Å². The fraction of sp³-hybridized carbons (Fsp3) is 0.231. The molecule has 1 heterocycles. The minimum absolute atomic E-state index is 0.0165. The van der Waals surface area contributed by atoms with E-state index in [-0.39, 0.29) is 17.1 Å². The third-order valence-electron chi connectivity index (χ3n) is 2.46. The minimum Gasteiger partial charge on any atom is -0.370 e. The second-order valence-electron chi connectivity index (χ2n) is 4.00. The smallest absolute Gasteiger partial charge is 0.370 e. The van der Waals surface area contributed by atoms with Crippen LogP contribution >= 0.6 is 0 Å². The van der Waals surface area contributed by atoms with E-state index >= 15 is 0 Å². The molecule has 0 aliphatic rings. The van der Waals surface area contributed by atoms with Gasteiger partial charge < -0.3 is 5.32 Å². The lowest BCUT2D eigenvalue weighted by molar-refractivity contribution is -0.144. The van der Waals surface area contributed by atoms with Gasteiger partial charge in [-0.3, -0.25) is 0 Å². The largest absolute Gasteiger partial charge is 0.451 e. The van der Waals surface area contributed by atoms with Gasteiger partial charge in [0, 0.05) is 18.2 Å². The van der Waals surface area contributed by atoms with Gasteiger partial charge in [0.1, 0.15) is 11.6 Å². The van der Waals surface area contributed by atoms with E-state index in [4.69, 9.17) is 0 Å². The van der Waals surface area contributed by atoms with Crippen LogP contribution in [0.3, 0.4) is 0 Å². The molecule has 0 spiro atoms. The molecule has 0 unspecified atom stereocenters. The van der Waals surface area contributed by atoms with Gasteiger partial charge in [-0.2, -0.15) is 13.2 Å². The van der Waals surface area contributed by atoms with E-state index < -0.39 is 17.8 Å². The van der Waals surface area contributed by atoms with Gasteiger partial charge >= 0.3 is 6.18 Å². The molecule has 0 atom stereocenters. The van der Waals surface area contributed by atoms with Crippen molar-refractivity contribution in [2.24, 2.45) is 0 Å². The highest BCUT2D eigenvalue weighted by molar-refractivity contribution is 5.62. The molecule has 0 bridgehead atoms. The van der Waals surface area contributed by atoms with E-state index in [1.165, 1.54) is 24.3 Å². The molecule has 106 valence electrons. The highest BCUT2D eigenvalue weighted by atomic mass is 19.4. The lowest BCUT2D eigenvalue weighted by Crippen LogP contribution is -2.13. The molecule has 0 aliphatic heterocycles. The maximum Gasteiger partial charge on any atom is 0.451 e. The highest BCUT2D eigenvalue weighted by Gasteiger charge is 2.35. The van der Waals surface area contributed by atoms with Gasteiger partial charge in [0.05, 0.1) is 5.69 Å². The molecule has 0 radical (unpaired) electrons. The lowest BCUT2D eigenvalue weighted by atomic mass is 10.1. The maximum atomic E-state index is 13.2. The van der Waals surface area contributed by atoms with Gasteiger partial charge in [-0.05, 0) is 19.1 Å². The standard InChI is InChI=1S/C13H11F4N3/c1-2-18-11-7-10(8-4-3-5-9(14)6-8)19-12(20-11)13(15,16)17/h3-7H,2H2,1H3,(H,18,19,20). The Balaban J connectivity index is 2.54. The number of halogens is 4. The summed E-state index contributed by atoms with van der Waals surface area (Å²) in [6, 6.07) is 6.58. The van der Waals surface area contributed by atoms with E-state index in [1.54, 1.807) is 6.92 Å². The molecule has 0 amide bonds. The first-order valence-corrected chi connectivity index (χ1v) is 5.86. The predicted molar refractivity (Wildman–Crippen MR) is 66.6 cm³/mol. The van der Waals surface area contributed by atoms with Gasteiger partial charge in [-0.1, -0.05) is 12.1 Å². The van der Waals surface area contributed by atoms with Crippen molar-refractivity contribution in [3.63, 3.8) is 0 Å². The van der Waals surface area contributed by atoms with Crippen molar-refractivity contribution in [1.82, 2.24) is 9.97 Å². The van der Waals surface area contributed by atoms with Crippen molar-refractivity contribution >= 4 is 5.82 Å². The van der Waals surface area contributed by atoms with Crippen LogP contribution in [0.2, 0.25) is 0 Å². The summed E-state index contributed by atoms with van der Waals surface area (Å²) in [6.07, 6.45) is -4.66. The van der Waals surface area contributed by atoms with Crippen molar-refractivity contribution in [2.75, 3.05) is 11.9 Å². The summed E-state index contributed by atoms with van der Waals surface area (Å²) in [5, 5.41) is 2.70. The maximum absolute atomic E-state index is 13.2. The molecular weight excluding hydrogens is 274 g/mol. The first-order valence-electron chi connectivity index (χ1n) is 5.86. The molecule has 0 saturated carbocycles. The van der Waals surface area contributed by atoms with E-state index in [9.17, 15) is 17.6 Å². The fourth-order valence-electron chi connectivity index (χ4n) is 1.64. The van der Waals surface area contributed by atoms with Gasteiger partial charge in [0.25, 0.3) is 0 Å². The Morgan fingerprint density at radius 1 is 1.15 bits per heavy atom. The van der Waals surface area contributed by atoms with Crippen LogP contribution < -0.4 is 5.32 Å². The van der Waals surface area contributed by atoms with Crippen LogP contribution in [0.25, 0.3) is 11.3 Å². The summed E-state index contributed by atoms with van der Waals surface area (Å²) in [5.74, 6) is -1.75. The molecule has 0 aliphatic carbocycles. The third-order valence-corrected chi connectivity index (χ3v) is 2.46. The van der Waals surface area contributed by atoms with Crippen LogP contribution in [0.15, 0.2) is 30.3 Å². The Bertz CT molecular complexity index is 611. The molecule has 2 aromatic rings. The van der Waals surface area contributed by atoms with Crippen molar-refractivity contribution in [3.8, 4) is 11.3 Å². The van der Waals surface area contributed by atoms with Crippen molar-refractivity contribution in [1.29, 1.82) is 0 Å². The van der Waals surface area contributed by atoms with E-state index in [1.807, 2.05) is 0 Å². The Kier molecular flexibility index (Phi) is 3.87. The minimum atomic E-state index is -4.66. The van der Waals surface area contributed by atoms with Gasteiger partial charge in [0.15, 0.2) is 0 Å². The molecule has 3 nitrogen and oxygen atoms in total. The molecule has 0 saturated heterocycles. The van der Waals surface area contributed by atoms with E-state index in [0.717, 1.165) is 6.07 Å². The van der Waals surface area contributed by atoms with Crippen LogP contribution in [0.1, 0.15) is 12.7 Å². The number of alkyl halides is 3. The van der Waals surface area contributed by atoms with Crippen LogP contribution in [0, 0.1) is 5.82 Å². The summed E-state index contributed by atoms with van der Waals surface area (Å²) < 4.78 is 51.4. The molecule has 1 aromatic carbocycles. The number of anilines is 1. The number of hydrogen-bond acceptors (Lipinski definition) is 3. The second-order valence-corrected chi connectivity index (χ2v) is 4.00. The Hall–Kier alpha value is -2.18. The second kappa shape index (κ2) is 5.44. The molecule has 1 N–H and O–H groups in total. The number of hydrogen-bond donors (Lipinski definition) is 1. The van der Waals surface area contributed by atoms with E-state index in [0.29, 0.717) is 6.54 Å². The lowest BCUT2D eigenvalue weighted by Gasteiger charge is -2.11. The van der Waals surface area contributed by atoms with Crippen LogP contribution in [-0.4, -0.2) is 16.5 Å². The van der Waals surface area contributed by atoms with E-state index in [2.05, 4.69) is 15.3 Å². The summed E-state index contributed by atoms with van der Waals surface area (Å²) in [4.78, 5) is 6.86. The normalized spacial score (nSPS) is 11.4. The Morgan fingerprint density at radius 3 is 2.50 bits per heavy atom. The summed E-state index contributed by atoms with van der Waals surface area (Å²) in [6.45, 7) is 2.15. The predicted octanol–water partition coefficient (Wildman–Crippen LogP) is 3.73.